The molecule has 5 atom stereocenters. The lowest BCUT2D eigenvalue weighted by molar-refractivity contribution is -0.144. The molecule has 3 fully saturated rings. The van der Waals surface area contributed by atoms with Crippen LogP contribution in [0.4, 0.5) is 13.2 Å². The molecule has 38 heavy (non-hydrogen) atoms. The number of fused-ring (bicyclic) bond motifs is 2. The summed E-state index contributed by atoms with van der Waals surface area (Å²) in [5.41, 5.74) is 1.37. The number of nitrogens with zero attached hydrogens (tertiary/aromatic N) is 2. The Labute approximate surface area is 222 Å². The number of pyridine rings is 1. The van der Waals surface area contributed by atoms with Crippen molar-refractivity contribution in [1.29, 1.82) is 0 Å². The lowest BCUT2D eigenvalue weighted by atomic mass is 9.78. The largest absolute Gasteiger partial charge is 0.417 e. The molecule has 1 amide bonds. The summed E-state index contributed by atoms with van der Waals surface area (Å²) in [6, 6.07) is 12.3. The van der Waals surface area contributed by atoms with E-state index in [1.165, 1.54) is 11.6 Å². The van der Waals surface area contributed by atoms with Gasteiger partial charge in [-0.1, -0.05) is 36.8 Å². The van der Waals surface area contributed by atoms with E-state index < -0.39 is 17.2 Å². The maximum absolute atomic E-state index is 14.0. The van der Waals surface area contributed by atoms with Crippen LogP contribution in [-0.4, -0.2) is 47.1 Å². The molecule has 1 saturated heterocycles. The van der Waals surface area contributed by atoms with Gasteiger partial charge in [0.15, 0.2) is 0 Å². The van der Waals surface area contributed by atoms with E-state index in [0.29, 0.717) is 42.2 Å². The number of ether oxygens (including phenoxy) is 1. The number of nitrogens with one attached hydrogen (secondary N) is 1. The van der Waals surface area contributed by atoms with Crippen molar-refractivity contribution in [3.05, 3.63) is 65.0 Å². The lowest BCUT2D eigenvalue weighted by Crippen LogP contribution is -2.48. The Hall–Kier alpha value is -2.45. The molecule has 2 saturated carbocycles. The van der Waals surface area contributed by atoms with Crippen LogP contribution in [0, 0.1) is 11.3 Å². The first-order valence-corrected chi connectivity index (χ1v) is 14.1. The van der Waals surface area contributed by atoms with Crippen molar-refractivity contribution in [3.8, 4) is 0 Å². The minimum Gasteiger partial charge on any atom is -0.378 e. The molecule has 2 aromatic rings. The van der Waals surface area contributed by atoms with Crippen LogP contribution in [0.3, 0.4) is 0 Å². The van der Waals surface area contributed by atoms with Crippen LogP contribution in [0.15, 0.2) is 42.6 Å². The number of carbonyl (C=O) groups is 1. The Balaban J connectivity index is 1.11. The highest BCUT2D eigenvalue weighted by molar-refractivity contribution is 5.84. The van der Waals surface area contributed by atoms with Gasteiger partial charge in [0.1, 0.15) is 0 Å². The molecule has 0 bridgehead atoms. The van der Waals surface area contributed by atoms with E-state index in [9.17, 15) is 18.0 Å². The molecule has 2 aliphatic heterocycles. The number of carbonyl (C=O) groups excluding carboxylic acids is 1. The zero-order valence-electron chi connectivity index (χ0n) is 21.7. The number of alkyl halides is 3. The van der Waals surface area contributed by atoms with Crippen molar-refractivity contribution in [3.63, 3.8) is 0 Å². The summed E-state index contributed by atoms with van der Waals surface area (Å²) in [7, 11) is 0. The summed E-state index contributed by atoms with van der Waals surface area (Å²) in [5, 5.41) is 3.90. The summed E-state index contributed by atoms with van der Waals surface area (Å²) < 4.78 is 45.9. The van der Waals surface area contributed by atoms with Crippen LogP contribution in [-0.2, 0) is 35.1 Å². The van der Waals surface area contributed by atoms with E-state index >= 15 is 0 Å². The first kappa shape index (κ1) is 25.8. The van der Waals surface area contributed by atoms with E-state index in [4.69, 9.17) is 4.74 Å². The molecule has 0 spiro atoms. The molecule has 0 unspecified atom stereocenters. The molecule has 2 aliphatic carbocycles. The maximum atomic E-state index is 14.0. The molecule has 4 aliphatic rings. The molecule has 6 rings (SSSR count). The van der Waals surface area contributed by atoms with Crippen molar-refractivity contribution in [1.82, 2.24) is 15.2 Å². The number of hydrogen-bond acceptors (Lipinski definition) is 4. The van der Waals surface area contributed by atoms with Crippen molar-refractivity contribution in [2.45, 2.75) is 88.7 Å². The summed E-state index contributed by atoms with van der Waals surface area (Å²) >= 11 is 0. The molecular weight excluding hydrogens is 491 g/mol. The van der Waals surface area contributed by atoms with Gasteiger partial charge in [-0.25, -0.2) is 0 Å². The molecule has 1 aromatic heterocycles. The number of rotatable bonds is 5. The van der Waals surface area contributed by atoms with Gasteiger partial charge in [-0.05, 0) is 68.1 Å². The van der Waals surface area contributed by atoms with Gasteiger partial charge in [-0.15, -0.1) is 0 Å². The highest BCUT2D eigenvalue weighted by Crippen LogP contribution is 2.55. The van der Waals surface area contributed by atoms with Gasteiger partial charge in [0.2, 0.25) is 5.91 Å². The predicted molar refractivity (Wildman–Crippen MR) is 137 cm³/mol. The molecule has 0 radical (unpaired) electrons. The lowest BCUT2D eigenvalue weighted by Gasteiger charge is -2.37. The standard InChI is InChI=1S/C30H36F3N3O2/c31-30(32,33)23-14-21-19-36(11-8-27(21)34-18-23)28(37)29-10-4-7-22(29)15-25(17-29)35-24-9-12-38-26(16-24)13-20-5-2-1-3-6-20/h1-3,5-6,14,18,22,24-26,35H,4,7-13,15-17,19H2/t22-,24-,25-,26-,29-/m1/s1. The summed E-state index contributed by atoms with van der Waals surface area (Å²) in [6.07, 6.45) is 4.84. The monoisotopic (exact) mass is 527 g/mol. The van der Waals surface area contributed by atoms with E-state index in [-0.39, 0.29) is 18.6 Å². The fourth-order valence-electron chi connectivity index (χ4n) is 7.57. The van der Waals surface area contributed by atoms with Gasteiger partial charge in [0.25, 0.3) is 0 Å². The molecule has 8 heteroatoms. The third-order valence-electron chi connectivity index (χ3n) is 9.36. The fraction of sp³-hybridized carbons (Fsp3) is 0.600. The van der Waals surface area contributed by atoms with E-state index in [1.54, 1.807) is 0 Å². The average Bonchev–Trinajstić information content (AvgIpc) is 3.46. The highest BCUT2D eigenvalue weighted by Gasteiger charge is 2.56. The van der Waals surface area contributed by atoms with E-state index in [1.807, 2.05) is 11.0 Å². The second-order valence-corrected chi connectivity index (χ2v) is 11.8. The number of halogens is 3. The number of benzene rings is 1. The Morgan fingerprint density at radius 3 is 2.82 bits per heavy atom. The van der Waals surface area contributed by atoms with Gasteiger partial charge >= 0.3 is 6.18 Å². The smallest absolute Gasteiger partial charge is 0.378 e. The third kappa shape index (κ3) is 5.09. The van der Waals surface area contributed by atoms with Crippen LogP contribution in [0.25, 0.3) is 0 Å². The van der Waals surface area contributed by atoms with Gasteiger partial charge in [-0.2, -0.15) is 13.2 Å². The summed E-state index contributed by atoms with van der Waals surface area (Å²) in [6.45, 7) is 1.49. The van der Waals surface area contributed by atoms with Gasteiger partial charge in [0.05, 0.1) is 17.1 Å². The predicted octanol–water partition coefficient (Wildman–Crippen LogP) is 5.31. The van der Waals surface area contributed by atoms with Crippen molar-refractivity contribution in [2.24, 2.45) is 11.3 Å². The van der Waals surface area contributed by atoms with Gasteiger partial charge in [-0.3, -0.25) is 9.78 Å². The number of aromatic nitrogens is 1. The number of amides is 1. The molecule has 1 aromatic carbocycles. The van der Waals surface area contributed by atoms with E-state index in [2.05, 4.69) is 34.6 Å². The highest BCUT2D eigenvalue weighted by atomic mass is 19.4. The Bertz CT molecular complexity index is 1160. The molecule has 3 heterocycles. The summed E-state index contributed by atoms with van der Waals surface area (Å²) in [5.74, 6) is 0.481. The van der Waals surface area contributed by atoms with Crippen molar-refractivity contribution >= 4 is 5.91 Å². The molecule has 5 nitrogen and oxygen atoms in total. The minimum atomic E-state index is -4.43. The van der Waals surface area contributed by atoms with Crippen LogP contribution >= 0.6 is 0 Å². The van der Waals surface area contributed by atoms with Crippen LogP contribution in [0.5, 0.6) is 0 Å². The normalized spacial score (nSPS) is 31.2. The molecule has 204 valence electrons. The van der Waals surface area contributed by atoms with Crippen LogP contribution < -0.4 is 5.32 Å². The topological polar surface area (TPSA) is 54.5 Å². The SMILES string of the molecule is O=C(N1CCc2ncc(C(F)(F)F)cc2C1)[C@@]12CCC[C@@H]1C[C@@H](N[C@@H]1CCO[C@H](Cc3ccccc3)C1)C2. The fourth-order valence-corrected chi connectivity index (χ4v) is 7.57. The second kappa shape index (κ2) is 10.3. The first-order chi connectivity index (χ1) is 18.3. The molecular formula is C30H36F3N3O2. The van der Waals surface area contributed by atoms with E-state index in [0.717, 1.165) is 64.2 Å². The maximum Gasteiger partial charge on any atom is 0.417 e. The Morgan fingerprint density at radius 2 is 2.00 bits per heavy atom. The quantitative estimate of drug-likeness (QED) is 0.573. The Kier molecular flexibility index (Phi) is 6.97. The van der Waals surface area contributed by atoms with Crippen molar-refractivity contribution in [2.75, 3.05) is 13.2 Å². The van der Waals surface area contributed by atoms with Gasteiger partial charge in [0, 0.05) is 50.1 Å². The third-order valence-corrected chi connectivity index (χ3v) is 9.36. The zero-order chi connectivity index (χ0) is 26.3. The van der Waals surface area contributed by atoms with Gasteiger partial charge < -0.3 is 15.0 Å². The molecule has 1 N–H and O–H groups in total. The van der Waals surface area contributed by atoms with Crippen molar-refractivity contribution < 1.29 is 22.7 Å². The first-order valence-electron chi connectivity index (χ1n) is 14.1. The minimum absolute atomic E-state index is 0.140. The average molecular weight is 528 g/mol. The van der Waals surface area contributed by atoms with Crippen LogP contribution in [0.2, 0.25) is 0 Å². The second-order valence-electron chi connectivity index (χ2n) is 11.8. The number of hydrogen-bond donors (Lipinski definition) is 1. The van der Waals surface area contributed by atoms with Crippen LogP contribution in [0.1, 0.15) is 67.3 Å². The Morgan fingerprint density at radius 1 is 1.16 bits per heavy atom. The summed E-state index contributed by atoms with van der Waals surface area (Å²) in [4.78, 5) is 19.9. The zero-order valence-corrected chi connectivity index (χ0v) is 21.7.